The van der Waals surface area contributed by atoms with Gasteiger partial charge in [0.05, 0.1) is 50.7 Å². The fourth-order valence-corrected chi connectivity index (χ4v) is 27.2. The first kappa shape index (κ1) is 55.9. The minimum atomic E-state index is -2.03. The van der Waals surface area contributed by atoms with Crippen molar-refractivity contribution in [2.24, 2.45) is 40.9 Å². The summed E-state index contributed by atoms with van der Waals surface area (Å²) in [5.41, 5.74) is 4.76. The van der Waals surface area contributed by atoms with Crippen molar-refractivity contribution in [1.29, 1.82) is 0 Å². The fraction of sp³-hybridized carbons (Fsp3) is 0.705. The van der Waals surface area contributed by atoms with Crippen LogP contribution < -0.4 is 20.6 Å². The van der Waals surface area contributed by atoms with Crippen molar-refractivity contribution < 1.29 is 18.8 Å². The molecule has 0 radical (unpaired) electrons. The molecule has 1 unspecified atom stereocenters. The van der Waals surface area contributed by atoms with E-state index in [1.807, 2.05) is 0 Å². The molecular formula is C61H100BNO4Si2. The van der Waals surface area contributed by atoms with Gasteiger partial charge in [0.25, 0.3) is 0 Å². The first-order valence-corrected chi connectivity index (χ1v) is 33.0. The van der Waals surface area contributed by atoms with Crippen LogP contribution in [-0.2, 0) is 19.5 Å². The lowest BCUT2D eigenvalue weighted by atomic mass is 9.69. The molecule has 8 heteroatoms. The number of rotatable bonds is 20. The van der Waals surface area contributed by atoms with Crippen LogP contribution in [-0.4, -0.2) is 51.9 Å². The van der Waals surface area contributed by atoms with E-state index in [0.29, 0.717) is 42.1 Å². The maximum atomic E-state index is 7.48. The van der Waals surface area contributed by atoms with Gasteiger partial charge in [-0.3, -0.25) is 0 Å². The molecule has 2 saturated heterocycles. The molecule has 0 saturated carbocycles. The van der Waals surface area contributed by atoms with Gasteiger partial charge in [0.2, 0.25) is 0 Å². The summed E-state index contributed by atoms with van der Waals surface area (Å²) in [5.74, 6) is 4.57. The third-order valence-electron chi connectivity index (χ3n) is 15.8. The van der Waals surface area contributed by atoms with Crippen molar-refractivity contribution in [2.75, 3.05) is 6.61 Å². The van der Waals surface area contributed by atoms with Gasteiger partial charge in [-0.2, -0.15) is 0 Å². The van der Waals surface area contributed by atoms with E-state index in [1.165, 1.54) is 63.6 Å². The number of nitrogens with zero attached hydrogens (tertiary/aromatic N) is 1. The first-order chi connectivity index (χ1) is 31.9. The minimum absolute atomic E-state index is 0.102. The van der Waals surface area contributed by atoms with Gasteiger partial charge in [0.15, 0.2) is 6.29 Å². The quantitative estimate of drug-likeness (QED) is 0.0828. The van der Waals surface area contributed by atoms with Crippen LogP contribution in [0.2, 0.25) is 36.3 Å². The summed E-state index contributed by atoms with van der Waals surface area (Å²) < 4.78 is 30.9. The lowest BCUT2D eigenvalue weighted by Crippen LogP contribution is -2.50. The average molecular weight is 978 g/mol. The number of benzene rings is 3. The second-order valence-electron chi connectivity index (χ2n) is 28.0. The van der Waals surface area contributed by atoms with E-state index in [-0.39, 0.29) is 17.1 Å². The molecule has 2 aliphatic rings. The third-order valence-corrected chi connectivity index (χ3v) is 28.4. The summed E-state index contributed by atoms with van der Waals surface area (Å²) in [4.78, 5) is 0. The SMILES string of the molecule is CC(C)C[Si](CC(C)C)(CC(C)C)c1ccc2c3ccc([Si](CC(C)C)(CC(C)C)CC(C)C)cc3n(-c3cc(C(C)(C)CC(C)(C)C)cc(B4OC(C)(C)C(C)(C)O4)c3OC3CCCCO3)c2c1. The smallest absolute Gasteiger partial charge is 0.463 e. The summed E-state index contributed by atoms with van der Waals surface area (Å²) in [6.45, 7) is 50.9. The van der Waals surface area contributed by atoms with Gasteiger partial charge in [-0.05, 0) is 117 Å². The van der Waals surface area contributed by atoms with Gasteiger partial charge < -0.3 is 23.3 Å². The topological polar surface area (TPSA) is 41.9 Å². The number of fused-ring (bicyclic) bond motifs is 3. The Morgan fingerprint density at radius 3 is 1.39 bits per heavy atom. The molecule has 4 aromatic rings. The molecule has 0 spiro atoms. The van der Waals surface area contributed by atoms with Crippen LogP contribution in [0.4, 0.5) is 0 Å². The van der Waals surface area contributed by atoms with Crippen LogP contribution in [0.5, 0.6) is 5.75 Å². The van der Waals surface area contributed by atoms with Crippen molar-refractivity contribution in [3.05, 3.63) is 54.1 Å². The molecule has 384 valence electrons. The maximum Gasteiger partial charge on any atom is 0.498 e. The molecule has 1 atom stereocenters. The van der Waals surface area contributed by atoms with Crippen LogP contribution >= 0.6 is 0 Å². The van der Waals surface area contributed by atoms with Gasteiger partial charge in [-0.1, -0.05) is 195 Å². The summed E-state index contributed by atoms with van der Waals surface area (Å²) in [5, 5.41) is 5.85. The summed E-state index contributed by atoms with van der Waals surface area (Å²) >= 11 is 0. The molecular weight excluding hydrogens is 878 g/mol. The molecule has 69 heavy (non-hydrogen) atoms. The van der Waals surface area contributed by atoms with Crippen molar-refractivity contribution in [1.82, 2.24) is 4.57 Å². The molecule has 0 bridgehead atoms. The Kier molecular flexibility index (Phi) is 17.2. The van der Waals surface area contributed by atoms with E-state index in [4.69, 9.17) is 18.8 Å². The molecule has 5 nitrogen and oxygen atoms in total. The van der Waals surface area contributed by atoms with Gasteiger partial charge in [0.1, 0.15) is 5.75 Å². The molecule has 3 heterocycles. The van der Waals surface area contributed by atoms with Gasteiger partial charge in [-0.15, -0.1) is 0 Å². The van der Waals surface area contributed by atoms with Crippen LogP contribution in [0, 0.1) is 40.9 Å². The van der Waals surface area contributed by atoms with Crippen molar-refractivity contribution in [3.8, 4) is 11.4 Å². The highest BCUT2D eigenvalue weighted by Gasteiger charge is 2.53. The second-order valence-corrected chi connectivity index (χ2v) is 36.7. The predicted molar refractivity (Wildman–Crippen MR) is 306 cm³/mol. The van der Waals surface area contributed by atoms with Crippen LogP contribution in [0.1, 0.15) is 177 Å². The monoisotopic (exact) mass is 978 g/mol. The summed E-state index contributed by atoms with van der Waals surface area (Å²) in [6.07, 6.45) is 3.63. The zero-order chi connectivity index (χ0) is 51.2. The van der Waals surface area contributed by atoms with E-state index in [0.717, 1.165) is 42.6 Å². The molecule has 2 aliphatic heterocycles. The van der Waals surface area contributed by atoms with E-state index < -0.39 is 34.5 Å². The highest BCUT2D eigenvalue weighted by atomic mass is 28.3. The molecule has 0 amide bonds. The molecule has 3 aromatic carbocycles. The molecule has 6 rings (SSSR count). The average Bonchev–Trinajstić information content (AvgIpc) is 3.62. The highest BCUT2D eigenvalue weighted by molar-refractivity contribution is 6.92. The maximum absolute atomic E-state index is 7.48. The Bertz CT molecular complexity index is 2190. The number of aromatic nitrogens is 1. The predicted octanol–water partition coefficient (Wildman–Crippen LogP) is 15.9. The normalized spacial score (nSPS) is 18.5. The Labute approximate surface area is 425 Å². The van der Waals surface area contributed by atoms with Gasteiger partial charge in [0, 0.05) is 22.7 Å². The van der Waals surface area contributed by atoms with E-state index in [9.17, 15) is 0 Å². The van der Waals surface area contributed by atoms with E-state index in [2.05, 4.69) is 198 Å². The van der Waals surface area contributed by atoms with Crippen molar-refractivity contribution in [2.45, 2.75) is 230 Å². The Balaban J connectivity index is 1.85. The van der Waals surface area contributed by atoms with Gasteiger partial charge in [-0.25, -0.2) is 0 Å². The summed E-state index contributed by atoms with van der Waals surface area (Å²) in [7, 11) is -4.67. The number of ether oxygens (including phenoxy) is 2. The Hall–Kier alpha value is -2.36. The van der Waals surface area contributed by atoms with Gasteiger partial charge >= 0.3 is 7.12 Å². The number of hydrogen-bond donors (Lipinski definition) is 0. The van der Waals surface area contributed by atoms with Crippen molar-refractivity contribution >= 4 is 60.9 Å². The first-order valence-electron chi connectivity index (χ1n) is 27.8. The summed E-state index contributed by atoms with van der Waals surface area (Å²) in [6, 6.07) is 28.3. The second kappa shape index (κ2) is 21.2. The fourth-order valence-electron chi connectivity index (χ4n) is 13.7. The minimum Gasteiger partial charge on any atom is -0.463 e. The molecule has 2 fully saturated rings. The van der Waals surface area contributed by atoms with E-state index >= 15 is 0 Å². The molecule has 0 N–H and O–H groups in total. The van der Waals surface area contributed by atoms with Crippen molar-refractivity contribution in [3.63, 3.8) is 0 Å². The lowest BCUT2D eigenvalue weighted by Gasteiger charge is -2.37. The Morgan fingerprint density at radius 2 is 1.03 bits per heavy atom. The van der Waals surface area contributed by atoms with E-state index in [1.54, 1.807) is 10.4 Å². The Morgan fingerprint density at radius 1 is 0.609 bits per heavy atom. The third kappa shape index (κ3) is 12.7. The highest BCUT2D eigenvalue weighted by Crippen LogP contribution is 2.45. The standard InChI is InChI=1S/C61H100BNO4Si2/c1-41(2)34-68(35-42(3)4,36-43(5)6)48-25-27-50-51-28-26-49(69(37-44(7)8,38-45(9)10)39-46(11)12)33-54(51)63(53(50)32-48)55-31-47(59(16,17)40-58(13,14)15)30-52(57(55)65-56-24-22-23-29-64-56)62-66-60(18,19)61(20,21)67-62/h25-28,30-33,41-46,56H,22-24,29,34-40H2,1-21H3. The lowest BCUT2D eigenvalue weighted by molar-refractivity contribution is -0.105. The molecule has 1 aromatic heterocycles. The zero-order valence-electron chi connectivity index (χ0n) is 48.1. The largest absolute Gasteiger partial charge is 0.498 e. The number of hydrogen-bond acceptors (Lipinski definition) is 4. The zero-order valence-corrected chi connectivity index (χ0v) is 50.1. The van der Waals surface area contributed by atoms with Crippen LogP contribution in [0.15, 0.2) is 48.5 Å². The van der Waals surface area contributed by atoms with Crippen LogP contribution in [0.25, 0.3) is 27.5 Å². The van der Waals surface area contributed by atoms with Crippen LogP contribution in [0.3, 0.4) is 0 Å². The molecule has 0 aliphatic carbocycles.